The van der Waals surface area contributed by atoms with Crippen LogP contribution in [0.3, 0.4) is 0 Å². The molecule has 1 aromatic rings. The maximum absolute atomic E-state index is 13.0. The van der Waals surface area contributed by atoms with Gasteiger partial charge in [-0.2, -0.15) is 0 Å². The Morgan fingerprint density at radius 1 is 1.21 bits per heavy atom. The van der Waals surface area contributed by atoms with Crippen LogP contribution in [0.15, 0.2) is 46.8 Å². The second kappa shape index (κ2) is 11.1. The fraction of sp³-hybridized carbons (Fsp3) is 0.476. The number of hydrogen-bond acceptors (Lipinski definition) is 8. The topological polar surface area (TPSA) is 94.5 Å². The van der Waals surface area contributed by atoms with E-state index in [1.165, 1.54) is 23.6 Å². The molecule has 186 valence electrons. The maximum atomic E-state index is 13.0. The average Bonchev–Trinajstić information content (AvgIpc) is 3.18. The number of aliphatic imine (C=N–C) groups is 1. The minimum atomic E-state index is -3.05. The van der Waals surface area contributed by atoms with E-state index < -0.39 is 41.1 Å². The van der Waals surface area contributed by atoms with Gasteiger partial charge in [0, 0.05) is 12.3 Å². The van der Waals surface area contributed by atoms with Gasteiger partial charge in [0.25, 0.3) is 5.91 Å². The molecule has 2 unspecified atom stereocenters. The Hall–Kier alpha value is -1.38. The Morgan fingerprint density at radius 3 is 2.44 bits per heavy atom. The molecule has 0 aromatic heterocycles. The van der Waals surface area contributed by atoms with Gasteiger partial charge in [0.05, 0.1) is 0 Å². The zero-order valence-corrected chi connectivity index (χ0v) is 22.7. The van der Waals surface area contributed by atoms with Crippen LogP contribution in [-0.4, -0.2) is 62.6 Å². The van der Waals surface area contributed by atoms with Crippen molar-refractivity contribution in [1.29, 1.82) is 0 Å². The summed E-state index contributed by atoms with van der Waals surface area (Å²) in [5.41, 5.74) is -0.185. The number of carbonyl (C=O) groups excluding carboxylic acids is 2. The molecule has 2 aliphatic rings. The molecule has 0 N–H and O–H groups in total. The van der Waals surface area contributed by atoms with Crippen LogP contribution in [0.25, 0.3) is 0 Å². The van der Waals surface area contributed by atoms with E-state index in [1.54, 1.807) is 13.8 Å². The molecule has 34 heavy (non-hydrogen) atoms. The van der Waals surface area contributed by atoms with Crippen molar-refractivity contribution in [3.8, 4) is 5.75 Å². The van der Waals surface area contributed by atoms with Gasteiger partial charge in [0.1, 0.15) is 35.1 Å². The Balaban J connectivity index is 1.80. The predicted octanol–water partition coefficient (Wildman–Crippen LogP) is 5.23. The van der Waals surface area contributed by atoms with Gasteiger partial charge in [-0.25, -0.2) is 4.79 Å². The Kier molecular flexibility index (Phi) is 8.90. The van der Waals surface area contributed by atoms with Crippen molar-refractivity contribution >= 4 is 70.9 Å². The SMILES string of the molecule is CCP(=O)(CC)OC(C)=C(C(=O)OCC(Cl)(Cl)Cl)N1C(=O)C2N=C(COc3ccccc3)SC21. The largest absolute Gasteiger partial charge is 0.487 e. The molecule has 1 amide bonds. The van der Waals surface area contributed by atoms with Gasteiger partial charge in [-0.15, -0.1) is 0 Å². The number of hydrogen-bond donors (Lipinski definition) is 0. The van der Waals surface area contributed by atoms with Crippen molar-refractivity contribution in [1.82, 2.24) is 4.90 Å². The molecule has 1 saturated heterocycles. The van der Waals surface area contributed by atoms with E-state index in [0.29, 0.717) is 10.8 Å². The third kappa shape index (κ3) is 6.43. The van der Waals surface area contributed by atoms with Crippen molar-refractivity contribution in [3.63, 3.8) is 0 Å². The molecule has 1 fully saturated rings. The number of allylic oxidation sites excluding steroid dienone is 1. The summed E-state index contributed by atoms with van der Waals surface area (Å²) in [7, 11) is -3.05. The lowest BCUT2D eigenvalue weighted by Gasteiger charge is -2.41. The van der Waals surface area contributed by atoms with Crippen LogP contribution in [-0.2, 0) is 23.4 Å². The van der Waals surface area contributed by atoms with Gasteiger partial charge in [0.15, 0.2) is 11.7 Å². The molecule has 0 saturated carbocycles. The van der Waals surface area contributed by atoms with E-state index in [0.717, 1.165) is 0 Å². The summed E-state index contributed by atoms with van der Waals surface area (Å²) >= 11 is 18.4. The number of nitrogens with zero attached hydrogens (tertiary/aromatic N) is 2. The molecular weight excluding hydrogens is 546 g/mol. The molecule has 0 radical (unpaired) electrons. The number of β-lactam (4-membered cyclic amide) rings is 1. The number of benzene rings is 1. The fourth-order valence-electron chi connectivity index (χ4n) is 3.25. The van der Waals surface area contributed by atoms with Crippen LogP contribution in [0, 0.1) is 0 Å². The van der Waals surface area contributed by atoms with Crippen molar-refractivity contribution in [3.05, 3.63) is 41.8 Å². The third-order valence-corrected chi connectivity index (χ3v) is 9.13. The highest BCUT2D eigenvalue weighted by atomic mass is 35.6. The van der Waals surface area contributed by atoms with Crippen molar-refractivity contribution in [2.24, 2.45) is 4.99 Å². The number of thioether (sulfide) groups is 1. The summed E-state index contributed by atoms with van der Waals surface area (Å²) in [6.45, 7) is 4.55. The molecule has 13 heteroatoms. The number of fused-ring (bicyclic) bond motifs is 1. The summed E-state index contributed by atoms with van der Waals surface area (Å²) in [6, 6.07) is 8.53. The van der Waals surface area contributed by atoms with Gasteiger partial charge >= 0.3 is 5.97 Å². The second-order valence-corrected chi connectivity index (χ2v) is 14.2. The zero-order valence-electron chi connectivity index (χ0n) is 18.7. The summed E-state index contributed by atoms with van der Waals surface area (Å²) in [4.78, 5) is 31.6. The zero-order chi connectivity index (χ0) is 25.1. The number of esters is 1. The summed E-state index contributed by atoms with van der Waals surface area (Å²) < 4.78 is 27.6. The fourth-order valence-corrected chi connectivity index (χ4v) is 5.91. The lowest BCUT2D eigenvalue weighted by atomic mass is 10.1. The van der Waals surface area contributed by atoms with Gasteiger partial charge in [-0.1, -0.05) is 78.6 Å². The molecule has 8 nitrogen and oxygen atoms in total. The maximum Gasteiger partial charge on any atom is 0.358 e. The highest BCUT2D eigenvalue weighted by Gasteiger charge is 2.56. The highest BCUT2D eigenvalue weighted by molar-refractivity contribution is 8.15. The number of rotatable bonds is 10. The average molecular weight is 570 g/mol. The van der Waals surface area contributed by atoms with Crippen LogP contribution >= 0.6 is 53.9 Å². The first kappa shape index (κ1) is 27.2. The first-order valence-corrected chi connectivity index (χ1v) is 14.5. The highest BCUT2D eigenvalue weighted by Crippen LogP contribution is 2.50. The van der Waals surface area contributed by atoms with Crippen LogP contribution in [0.4, 0.5) is 0 Å². The number of carbonyl (C=O) groups is 2. The minimum Gasteiger partial charge on any atom is -0.487 e. The summed E-state index contributed by atoms with van der Waals surface area (Å²) in [5.74, 6) is -0.672. The lowest BCUT2D eigenvalue weighted by molar-refractivity contribution is -0.150. The van der Waals surface area contributed by atoms with E-state index in [1.807, 2.05) is 30.3 Å². The minimum absolute atomic E-state index is 0.00253. The third-order valence-electron chi connectivity index (χ3n) is 5.06. The number of amides is 1. The number of ether oxygens (including phenoxy) is 2. The Labute approximate surface area is 217 Å². The number of likely N-dealkylation sites (tertiary alicyclic amines) is 1. The Morgan fingerprint density at radius 2 is 1.85 bits per heavy atom. The van der Waals surface area contributed by atoms with Crippen molar-refractivity contribution < 1.29 is 28.2 Å². The molecule has 2 aliphatic heterocycles. The monoisotopic (exact) mass is 568 g/mol. The Bertz CT molecular complexity index is 1040. The smallest absolute Gasteiger partial charge is 0.358 e. The molecule has 2 heterocycles. The normalized spacial score (nSPS) is 20.7. The van der Waals surface area contributed by atoms with E-state index in [-0.39, 0.29) is 30.4 Å². The number of halogens is 3. The van der Waals surface area contributed by atoms with E-state index in [2.05, 4.69) is 4.99 Å². The first-order chi connectivity index (χ1) is 16.0. The molecule has 0 bridgehead atoms. The number of alkyl halides is 3. The standard InChI is InChI=1S/C21H24Cl3N2O6PS/c1-4-33(29,5-2)32-13(3)17(20(28)31-12-21(22,23)24)26-18(27)16-19(26)34-15(25-16)11-30-14-9-7-6-8-10-14/h6-10,16,19H,4-5,11-12H2,1-3H3. The number of para-hydroxylation sites is 1. The lowest BCUT2D eigenvalue weighted by Crippen LogP contribution is -2.61. The molecule has 1 aromatic carbocycles. The van der Waals surface area contributed by atoms with E-state index in [9.17, 15) is 14.2 Å². The summed E-state index contributed by atoms with van der Waals surface area (Å²) in [5, 5.41) is 0.105. The molecule has 3 rings (SSSR count). The molecule has 0 spiro atoms. The van der Waals surface area contributed by atoms with Crippen molar-refractivity contribution in [2.45, 2.75) is 36.0 Å². The molecule has 0 aliphatic carbocycles. The molecular formula is C21H24Cl3N2O6PS. The summed E-state index contributed by atoms with van der Waals surface area (Å²) in [6.07, 6.45) is 0.520. The van der Waals surface area contributed by atoms with Gasteiger partial charge < -0.3 is 14.0 Å². The van der Waals surface area contributed by atoms with Crippen LogP contribution in [0.5, 0.6) is 5.75 Å². The second-order valence-electron chi connectivity index (χ2n) is 7.42. The molecule has 2 atom stereocenters. The van der Waals surface area contributed by atoms with Crippen LogP contribution in [0.1, 0.15) is 20.8 Å². The van der Waals surface area contributed by atoms with E-state index >= 15 is 0 Å². The quantitative estimate of drug-likeness (QED) is 0.0951. The van der Waals surface area contributed by atoms with Crippen LogP contribution < -0.4 is 4.74 Å². The first-order valence-electron chi connectivity index (χ1n) is 10.4. The van der Waals surface area contributed by atoms with E-state index in [4.69, 9.17) is 48.8 Å². The van der Waals surface area contributed by atoms with Gasteiger partial charge in [0.2, 0.25) is 11.2 Å². The van der Waals surface area contributed by atoms with Gasteiger partial charge in [-0.3, -0.25) is 19.3 Å². The van der Waals surface area contributed by atoms with Gasteiger partial charge in [-0.05, 0) is 19.1 Å². The van der Waals surface area contributed by atoms with Crippen molar-refractivity contribution in [2.75, 3.05) is 25.5 Å². The predicted molar refractivity (Wildman–Crippen MR) is 135 cm³/mol. The van der Waals surface area contributed by atoms with Crippen LogP contribution in [0.2, 0.25) is 0 Å².